The summed E-state index contributed by atoms with van der Waals surface area (Å²) in [5.41, 5.74) is 9.20. The Morgan fingerprint density at radius 3 is 2.63 bits per heavy atom. The molecule has 1 heterocycles. The second-order valence-corrected chi connectivity index (χ2v) is 7.02. The summed E-state index contributed by atoms with van der Waals surface area (Å²) in [6.07, 6.45) is 0. The van der Waals surface area contributed by atoms with Crippen LogP contribution >= 0.6 is 0 Å². The third-order valence-electron chi connectivity index (χ3n) is 5.17. The molecule has 5 nitrogen and oxygen atoms in total. The molecule has 0 aliphatic carbocycles. The number of nitrogens with two attached hydrogens (primary N) is 1. The lowest BCUT2D eigenvalue weighted by molar-refractivity contribution is 0.102. The van der Waals surface area contributed by atoms with Crippen LogP contribution in [0.15, 0.2) is 78.9 Å². The summed E-state index contributed by atoms with van der Waals surface area (Å²) in [6, 6.07) is 23.8. The van der Waals surface area contributed by atoms with Crippen molar-refractivity contribution in [3.05, 3.63) is 90.2 Å². The van der Waals surface area contributed by atoms with E-state index in [9.17, 15) is 9.18 Å². The first-order chi connectivity index (χ1) is 14.6. The van der Waals surface area contributed by atoms with Crippen LogP contribution in [0, 0.1) is 5.82 Å². The molecule has 146 valence electrons. The molecule has 1 aromatic heterocycles. The van der Waals surface area contributed by atoms with Crippen molar-refractivity contribution in [3.63, 3.8) is 0 Å². The lowest BCUT2D eigenvalue weighted by atomic mass is 9.96. The summed E-state index contributed by atoms with van der Waals surface area (Å²) in [7, 11) is 0. The fourth-order valence-corrected chi connectivity index (χ4v) is 3.73. The predicted molar refractivity (Wildman–Crippen MR) is 118 cm³/mol. The maximum atomic E-state index is 14.1. The molecule has 4 aromatic carbocycles. The summed E-state index contributed by atoms with van der Waals surface area (Å²) in [4.78, 5) is 12.8. The fraction of sp³-hybridized carbons (Fsp3) is 0. The Hall–Kier alpha value is -4.19. The highest BCUT2D eigenvalue weighted by Crippen LogP contribution is 2.34. The minimum Gasteiger partial charge on any atom is -0.382 e. The number of nitrogens with zero attached hydrogens (tertiary/aromatic N) is 1. The average Bonchev–Trinajstić information content (AvgIpc) is 3.16. The molecule has 5 rings (SSSR count). The van der Waals surface area contributed by atoms with Crippen LogP contribution in [0.5, 0.6) is 0 Å². The zero-order valence-electron chi connectivity index (χ0n) is 15.8. The molecule has 30 heavy (non-hydrogen) atoms. The van der Waals surface area contributed by atoms with Crippen LogP contribution in [0.2, 0.25) is 0 Å². The standard InChI is InChI=1S/C24H17FN4O/c25-20-12-11-18(21-22(20)28-29-23(21)26)15-9-10-17-14(13-15)5-4-8-19(17)24(30)27-16-6-2-1-3-7-16/h1-13H,(H,27,30)(H3,26,28,29). The number of hydrogen-bond acceptors (Lipinski definition) is 3. The van der Waals surface area contributed by atoms with Gasteiger partial charge in [0.2, 0.25) is 0 Å². The summed E-state index contributed by atoms with van der Waals surface area (Å²) < 4.78 is 14.1. The predicted octanol–water partition coefficient (Wildman–Crippen LogP) is 5.36. The molecule has 5 aromatic rings. The van der Waals surface area contributed by atoms with Gasteiger partial charge in [0.15, 0.2) is 5.82 Å². The molecule has 4 N–H and O–H groups in total. The van der Waals surface area contributed by atoms with E-state index in [4.69, 9.17) is 5.73 Å². The number of carbonyl (C=O) groups is 1. The summed E-state index contributed by atoms with van der Waals surface area (Å²) >= 11 is 0. The van der Waals surface area contributed by atoms with Crippen molar-refractivity contribution in [2.24, 2.45) is 0 Å². The number of anilines is 2. The van der Waals surface area contributed by atoms with Gasteiger partial charge in [-0.3, -0.25) is 9.89 Å². The Kier molecular flexibility index (Phi) is 4.17. The number of amides is 1. The molecule has 0 saturated carbocycles. The number of benzene rings is 4. The molecule has 0 bridgehead atoms. The summed E-state index contributed by atoms with van der Waals surface area (Å²) in [5.74, 6) is -0.336. The number of H-pyrrole nitrogens is 1. The Balaban J connectivity index is 1.59. The van der Waals surface area contributed by atoms with Crippen molar-refractivity contribution in [1.29, 1.82) is 0 Å². The number of aromatic amines is 1. The molecule has 1 amide bonds. The minimum atomic E-state index is -0.404. The topological polar surface area (TPSA) is 83.8 Å². The van der Waals surface area contributed by atoms with Crippen LogP contribution < -0.4 is 11.1 Å². The largest absolute Gasteiger partial charge is 0.382 e. The fourth-order valence-electron chi connectivity index (χ4n) is 3.73. The lowest BCUT2D eigenvalue weighted by Crippen LogP contribution is -2.12. The molecule has 0 atom stereocenters. The van der Waals surface area contributed by atoms with Crippen LogP contribution in [0.1, 0.15) is 10.4 Å². The van der Waals surface area contributed by atoms with E-state index in [1.54, 1.807) is 12.1 Å². The maximum absolute atomic E-state index is 14.1. The van der Waals surface area contributed by atoms with Crippen molar-refractivity contribution < 1.29 is 9.18 Å². The highest BCUT2D eigenvalue weighted by molar-refractivity contribution is 6.13. The molecule has 0 saturated heterocycles. The lowest BCUT2D eigenvalue weighted by Gasteiger charge is -2.10. The highest BCUT2D eigenvalue weighted by atomic mass is 19.1. The van der Waals surface area contributed by atoms with Gasteiger partial charge in [-0.2, -0.15) is 5.10 Å². The molecule has 0 aliphatic rings. The van der Waals surface area contributed by atoms with Gasteiger partial charge in [0.25, 0.3) is 5.91 Å². The Morgan fingerprint density at radius 2 is 1.80 bits per heavy atom. The van der Waals surface area contributed by atoms with E-state index in [1.807, 2.05) is 60.7 Å². The molecule has 0 spiro atoms. The smallest absolute Gasteiger partial charge is 0.256 e. The van der Waals surface area contributed by atoms with E-state index in [0.717, 1.165) is 27.6 Å². The molecule has 6 heteroatoms. The zero-order valence-corrected chi connectivity index (χ0v) is 15.8. The minimum absolute atomic E-state index is 0.178. The third-order valence-corrected chi connectivity index (χ3v) is 5.17. The van der Waals surface area contributed by atoms with Gasteiger partial charge < -0.3 is 11.1 Å². The van der Waals surface area contributed by atoms with Crippen molar-refractivity contribution in [1.82, 2.24) is 10.2 Å². The zero-order chi connectivity index (χ0) is 20.7. The number of carbonyl (C=O) groups excluding carboxylic acids is 1. The number of rotatable bonds is 3. The third kappa shape index (κ3) is 2.95. The number of hydrogen-bond donors (Lipinski definition) is 3. The Morgan fingerprint density at radius 1 is 0.967 bits per heavy atom. The van der Waals surface area contributed by atoms with Gasteiger partial charge in [-0.1, -0.05) is 48.5 Å². The highest BCUT2D eigenvalue weighted by Gasteiger charge is 2.15. The van der Waals surface area contributed by atoms with Crippen molar-refractivity contribution in [2.45, 2.75) is 0 Å². The second-order valence-electron chi connectivity index (χ2n) is 7.02. The number of nitrogen functional groups attached to an aromatic ring is 1. The van der Waals surface area contributed by atoms with E-state index in [2.05, 4.69) is 15.5 Å². The van der Waals surface area contributed by atoms with Crippen LogP contribution in [0.25, 0.3) is 32.8 Å². The number of nitrogens with one attached hydrogen (secondary N) is 2. The molecule has 0 unspecified atom stereocenters. The van der Waals surface area contributed by atoms with Gasteiger partial charge in [-0.15, -0.1) is 0 Å². The van der Waals surface area contributed by atoms with E-state index in [0.29, 0.717) is 10.9 Å². The van der Waals surface area contributed by atoms with E-state index in [-0.39, 0.29) is 17.2 Å². The normalized spacial score (nSPS) is 11.1. The average molecular weight is 396 g/mol. The SMILES string of the molecule is Nc1n[nH]c2c(F)ccc(-c3ccc4c(C(=O)Nc5ccccc5)cccc4c3)c12. The second kappa shape index (κ2) is 7.00. The summed E-state index contributed by atoms with van der Waals surface area (Å²) in [6.45, 7) is 0. The van der Waals surface area contributed by atoms with Gasteiger partial charge in [0, 0.05) is 11.3 Å². The van der Waals surface area contributed by atoms with Crippen LogP contribution in [0.3, 0.4) is 0 Å². The number of aromatic nitrogens is 2. The molecule has 0 fully saturated rings. The monoisotopic (exact) mass is 396 g/mol. The Labute approximate surface area is 171 Å². The van der Waals surface area contributed by atoms with E-state index >= 15 is 0 Å². The van der Waals surface area contributed by atoms with Gasteiger partial charge >= 0.3 is 0 Å². The van der Waals surface area contributed by atoms with Crippen molar-refractivity contribution in [2.75, 3.05) is 11.1 Å². The van der Waals surface area contributed by atoms with E-state index in [1.165, 1.54) is 6.07 Å². The van der Waals surface area contributed by atoms with Gasteiger partial charge in [0.05, 0.1) is 5.39 Å². The van der Waals surface area contributed by atoms with Crippen molar-refractivity contribution in [3.8, 4) is 11.1 Å². The molecule has 0 radical (unpaired) electrons. The number of fused-ring (bicyclic) bond motifs is 2. The first-order valence-corrected chi connectivity index (χ1v) is 9.43. The van der Waals surface area contributed by atoms with Crippen LogP contribution in [0.4, 0.5) is 15.9 Å². The first kappa shape index (κ1) is 17.9. The van der Waals surface area contributed by atoms with Gasteiger partial charge in [-0.05, 0) is 52.2 Å². The Bertz CT molecular complexity index is 1410. The maximum Gasteiger partial charge on any atom is 0.256 e. The number of para-hydroxylation sites is 1. The quantitative estimate of drug-likeness (QED) is 0.384. The van der Waals surface area contributed by atoms with Crippen LogP contribution in [-0.2, 0) is 0 Å². The van der Waals surface area contributed by atoms with Gasteiger partial charge in [-0.25, -0.2) is 4.39 Å². The van der Waals surface area contributed by atoms with Gasteiger partial charge in [0.1, 0.15) is 11.3 Å². The number of halogens is 1. The van der Waals surface area contributed by atoms with E-state index < -0.39 is 5.82 Å². The van der Waals surface area contributed by atoms with Crippen molar-refractivity contribution >= 4 is 39.1 Å². The first-order valence-electron chi connectivity index (χ1n) is 9.43. The molecular weight excluding hydrogens is 379 g/mol. The molecule has 0 aliphatic heterocycles. The summed E-state index contributed by atoms with van der Waals surface area (Å²) in [5, 5.41) is 11.8. The van der Waals surface area contributed by atoms with Crippen LogP contribution in [-0.4, -0.2) is 16.1 Å². The molecular formula is C24H17FN4O.